The molecule has 2 N–H and O–H groups in total. The summed E-state index contributed by atoms with van der Waals surface area (Å²) in [5.74, 6) is 0.615. The molecule has 0 amide bonds. The third kappa shape index (κ3) is 7.57. The second kappa shape index (κ2) is 11.4. The van der Waals surface area contributed by atoms with Crippen molar-refractivity contribution in [3.05, 3.63) is 51.7 Å². The number of aryl methyl sites for hydroxylation is 2. The number of benzene rings is 1. The smallest absolute Gasteiger partial charge is 0.191 e. The van der Waals surface area contributed by atoms with Gasteiger partial charge in [0.15, 0.2) is 5.96 Å². The predicted molar refractivity (Wildman–Crippen MR) is 110 cm³/mol. The molecule has 2 aromatic rings. The van der Waals surface area contributed by atoms with E-state index in [1.54, 1.807) is 23.5 Å². The third-order valence-corrected chi connectivity index (χ3v) is 4.11. The molecule has 0 aliphatic carbocycles. The Balaban J connectivity index is 0.00000288. The lowest BCUT2D eigenvalue weighted by atomic mass is 10.1. The molecular formula is C17H24FIN4S. The van der Waals surface area contributed by atoms with E-state index in [0.717, 1.165) is 42.5 Å². The minimum atomic E-state index is -0.177. The van der Waals surface area contributed by atoms with Crippen LogP contribution in [0.1, 0.15) is 28.8 Å². The first-order valence-electron chi connectivity index (χ1n) is 7.85. The lowest BCUT2D eigenvalue weighted by molar-refractivity contribution is 0.624. The SMILES string of the molecule is CCNC(=NCc1ncc(C)s1)NCCCc1cccc(F)c1.I. The van der Waals surface area contributed by atoms with Crippen molar-refractivity contribution in [2.45, 2.75) is 33.2 Å². The summed E-state index contributed by atoms with van der Waals surface area (Å²) in [5.41, 5.74) is 1.02. The van der Waals surface area contributed by atoms with Crippen LogP contribution in [0.15, 0.2) is 35.5 Å². The van der Waals surface area contributed by atoms with Crippen LogP contribution in [0.2, 0.25) is 0 Å². The van der Waals surface area contributed by atoms with Crippen LogP contribution in [0.4, 0.5) is 4.39 Å². The molecule has 0 saturated heterocycles. The average molecular weight is 462 g/mol. The molecule has 24 heavy (non-hydrogen) atoms. The van der Waals surface area contributed by atoms with Crippen molar-refractivity contribution in [2.24, 2.45) is 4.99 Å². The highest BCUT2D eigenvalue weighted by Crippen LogP contribution is 2.11. The van der Waals surface area contributed by atoms with Crippen molar-refractivity contribution >= 4 is 41.3 Å². The van der Waals surface area contributed by atoms with Crippen LogP contribution in [0.25, 0.3) is 0 Å². The Bertz CT molecular complexity index is 645. The van der Waals surface area contributed by atoms with Gasteiger partial charge < -0.3 is 10.6 Å². The van der Waals surface area contributed by atoms with Gasteiger partial charge in [-0.1, -0.05) is 12.1 Å². The van der Waals surface area contributed by atoms with Crippen LogP contribution in [-0.2, 0) is 13.0 Å². The summed E-state index contributed by atoms with van der Waals surface area (Å²) in [6, 6.07) is 6.76. The van der Waals surface area contributed by atoms with Gasteiger partial charge >= 0.3 is 0 Å². The third-order valence-electron chi connectivity index (χ3n) is 3.21. The Hall–Kier alpha value is -1.22. The van der Waals surface area contributed by atoms with Crippen LogP contribution in [-0.4, -0.2) is 24.0 Å². The lowest BCUT2D eigenvalue weighted by Gasteiger charge is -2.11. The minimum absolute atomic E-state index is 0. The van der Waals surface area contributed by atoms with E-state index in [0.29, 0.717) is 6.54 Å². The highest BCUT2D eigenvalue weighted by molar-refractivity contribution is 14.0. The number of hydrogen-bond donors (Lipinski definition) is 2. The average Bonchev–Trinajstić information content (AvgIpc) is 2.94. The molecule has 7 heteroatoms. The fourth-order valence-corrected chi connectivity index (χ4v) is 2.87. The van der Waals surface area contributed by atoms with Crippen LogP contribution in [0.3, 0.4) is 0 Å². The molecule has 0 fully saturated rings. The van der Waals surface area contributed by atoms with Gasteiger partial charge in [0, 0.05) is 24.2 Å². The van der Waals surface area contributed by atoms with E-state index < -0.39 is 0 Å². The van der Waals surface area contributed by atoms with Crippen molar-refractivity contribution in [2.75, 3.05) is 13.1 Å². The van der Waals surface area contributed by atoms with E-state index in [2.05, 4.69) is 20.6 Å². The molecule has 132 valence electrons. The summed E-state index contributed by atoms with van der Waals surface area (Å²) in [5, 5.41) is 7.54. The normalized spacial score (nSPS) is 11.0. The second-order valence-electron chi connectivity index (χ2n) is 5.22. The van der Waals surface area contributed by atoms with Gasteiger partial charge in [-0.3, -0.25) is 0 Å². The summed E-state index contributed by atoms with van der Waals surface area (Å²) in [6.07, 6.45) is 3.63. The van der Waals surface area contributed by atoms with Gasteiger partial charge in [-0.25, -0.2) is 14.4 Å². The molecule has 0 saturated carbocycles. The fourth-order valence-electron chi connectivity index (χ4n) is 2.15. The van der Waals surface area contributed by atoms with E-state index in [1.165, 1.54) is 10.9 Å². The summed E-state index contributed by atoms with van der Waals surface area (Å²) >= 11 is 1.67. The summed E-state index contributed by atoms with van der Waals surface area (Å²) in [4.78, 5) is 10.0. The van der Waals surface area contributed by atoms with E-state index in [1.807, 2.05) is 26.1 Å². The second-order valence-corrected chi connectivity index (χ2v) is 6.54. The molecule has 0 aliphatic heterocycles. The van der Waals surface area contributed by atoms with E-state index >= 15 is 0 Å². The summed E-state index contributed by atoms with van der Waals surface area (Å²) in [7, 11) is 0. The fraction of sp³-hybridized carbons (Fsp3) is 0.412. The number of rotatable bonds is 7. The Morgan fingerprint density at radius 1 is 1.33 bits per heavy atom. The van der Waals surface area contributed by atoms with Gasteiger partial charge in [0.1, 0.15) is 10.8 Å². The largest absolute Gasteiger partial charge is 0.357 e. The minimum Gasteiger partial charge on any atom is -0.357 e. The Labute approximate surface area is 164 Å². The zero-order valence-corrected chi connectivity index (χ0v) is 17.2. The molecule has 0 spiro atoms. The maximum absolute atomic E-state index is 13.1. The Kier molecular flexibility index (Phi) is 9.85. The van der Waals surface area contributed by atoms with Crippen molar-refractivity contribution in [1.29, 1.82) is 0 Å². The number of guanidine groups is 1. The molecule has 0 unspecified atom stereocenters. The first-order chi connectivity index (χ1) is 11.2. The molecule has 0 radical (unpaired) electrons. The van der Waals surface area contributed by atoms with Crippen molar-refractivity contribution < 1.29 is 4.39 Å². The number of aliphatic imine (C=N–C) groups is 1. The van der Waals surface area contributed by atoms with Gasteiger partial charge in [-0.05, 0) is 44.4 Å². The predicted octanol–water partition coefficient (Wildman–Crippen LogP) is 3.90. The van der Waals surface area contributed by atoms with Gasteiger partial charge in [-0.2, -0.15) is 0 Å². The molecule has 4 nitrogen and oxygen atoms in total. The number of aromatic nitrogens is 1. The quantitative estimate of drug-likeness (QED) is 0.284. The molecule has 0 bridgehead atoms. The Morgan fingerprint density at radius 3 is 2.83 bits per heavy atom. The summed E-state index contributed by atoms with van der Waals surface area (Å²) in [6.45, 7) is 6.27. The van der Waals surface area contributed by atoms with Crippen LogP contribution < -0.4 is 10.6 Å². The van der Waals surface area contributed by atoms with Crippen molar-refractivity contribution in [3.8, 4) is 0 Å². The lowest BCUT2D eigenvalue weighted by Crippen LogP contribution is -2.37. The van der Waals surface area contributed by atoms with Crippen molar-refractivity contribution in [1.82, 2.24) is 15.6 Å². The van der Waals surface area contributed by atoms with Crippen molar-refractivity contribution in [3.63, 3.8) is 0 Å². The summed E-state index contributed by atoms with van der Waals surface area (Å²) < 4.78 is 13.1. The topological polar surface area (TPSA) is 49.3 Å². The molecular weight excluding hydrogens is 438 g/mol. The maximum Gasteiger partial charge on any atom is 0.191 e. The molecule has 1 aromatic heterocycles. The first kappa shape index (κ1) is 20.8. The Morgan fingerprint density at radius 2 is 2.17 bits per heavy atom. The number of nitrogens with zero attached hydrogens (tertiary/aromatic N) is 2. The van der Waals surface area contributed by atoms with E-state index in [4.69, 9.17) is 0 Å². The van der Waals surface area contributed by atoms with Gasteiger partial charge in [-0.15, -0.1) is 35.3 Å². The molecule has 0 atom stereocenters. The highest BCUT2D eigenvalue weighted by atomic mass is 127. The molecule has 0 aliphatic rings. The zero-order valence-electron chi connectivity index (χ0n) is 14.0. The van der Waals surface area contributed by atoms with Crippen LogP contribution in [0, 0.1) is 12.7 Å². The highest BCUT2D eigenvalue weighted by Gasteiger charge is 2.01. The van der Waals surface area contributed by atoms with E-state index in [9.17, 15) is 4.39 Å². The monoisotopic (exact) mass is 462 g/mol. The maximum atomic E-state index is 13.1. The van der Waals surface area contributed by atoms with E-state index in [-0.39, 0.29) is 29.8 Å². The number of hydrogen-bond acceptors (Lipinski definition) is 3. The standard InChI is InChI=1S/C17H23FN4S.HI/c1-3-19-17(22-12-16-21-11-13(2)23-16)20-9-5-7-14-6-4-8-15(18)10-14;/h4,6,8,10-11H,3,5,7,9,12H2,1-2H3,(H2,19,20,22);1H. The van der Waals surface area contributed by atoms with Gasteiger partial charge in [0.05, 0.1) is 6.54 Å². The van der Waals surface area contributed by atoms with Crippen LogP contribution >= 0.6 is 35.3 Å². The number of halogens is 2. The number of thiazole rings is 1. The molecule has 1 heterocycles. The van der Waals surface area contributed by atoms with Gasteiger partial charge in [0.25, 0.3) is 0 Å². The first-order valence-corrected chi connectivity index (χ1v) is 8.67. The molecule has 1 aromatic carbocycles. The number of nitrogens with one attached hydrogen (secondary N) is 2. The zero-order chi connectivity index (χ0) is 16.5. The molecule has 2 rings (SSSR count). The van der Waals surface area contributed by atoms with Gasteiger partial charge in [0.2, 0.25) is 0 Å². The van der Waals surface area contributed by atoms with Crippen LogP contribution in [0.5, 0.6) is 0 Å².